The van der Waals surface area contributed by atoms with Crippen LogP contribution in [0.25, 0.3) is 0 Å². The van der Waals surface area contributed by atoms with E-state index in [2.05, 4.69) is 51.5 Å². The van der Waals surface area contributed by atoms with Crippen LogP contribution in [0.4, 0.5) is 0 Å². The monoisotopic (exact) mass is 411 g/mol. The van der Waals surface area contributed by atoms with Gasteiger partial charge in [0.2, 0.25) is 0 Å². The van der Waals surface area contributed by atoms with Gasteiger partial charge in [-0.25, -0.2) is 4.98 Å². The maximum atomic E-state index is 4.48. The Kier molecular flexibility index (Phi) is 9.32. The first-order chi connectivity index (χ1) is 8.93. The Labute approximate surface area is 143 Å². The second-order valence-electron chi connectivity index (χ2n) is 4.95. The van der Waals surface area contributed by atoms with Gasteiger partial charge in [0.25, 0.3) is 0 Å². The van der Waals surface area contributed by atoms with Crippen molar-refractivity contribution in [2.75, 3.05) is 34.7 Å². The maximum Gasteiger partial charge on any atom is 0.193 e. The Balaban J connectivity index is 0.00000361. The van der Waals surface area contributed by atoms with Crippen LogP contribution < -0.4 is 5.32 Å². The summed E-state index contributed by atoms with van der Waals surface area (Å²) in [6.45, 7) is 5.87. The molecule has 1 aromatic heterocycles. The van der Waals surface area contributed by atoms with E-state index in [1.165, 1.54) is 0 Å². The van der Waals surface area contributed by atoms with E-state index >= 15 is 0 Å². The van der Waals surface area contributed by atoms with Crippen LogP contribution in [-0.4, -0.2) is 61.5 Å². The number of nitrogens with one attached hydrogen (secondary N) is 1. The Morgan fingerprint density at radius 3 is 2.55 bits per heavy atom. The Hall–Kier alpha value is -0.410. The molecule has 1 rings (SSSR count). The van der Waals surface area contributed by atoms with Crippen LogP contribution in [0.1, 0.15) is 17.6 Å². The topological polar surface area (TPSA) is 43.8 Å². The molecule has 1 heterocycles. The molecule has 0 bridgehead atoms. The standard InChI is InChI=1S/C13H25N5S.HI/c1-10(17(4)5)7-15-13(14-3)18(6)8-12-9-19-11(2)16-12;/h9-10H,7-8H2,1-6H3,(H,14,15);1H. The minimum Gasteiger partial charge on any atom is -0.355 e. The fourth-order valence-electron chi connectivity index (χ4n) is 1.61. The van der Waals surface area contributed by atoms with Gasteiger partial charge in [-0.15, -0.1) is 35.3 Å². The first kappa shape index (κ1) is 19.6. The number of thiazole rings is 1. The van der Waals surface area contributed by atoms with Crippen LogP contribution in [0, 0.1) is 6.92 Å². The molecule has 0 radical (unpaired) electrons. The van der Waals surface area contributed by atoms with Crippen LogP contribution in [-0.2, 0) is 6.54 Å². The lowest BCUT2D eigenvalue weighted by Crippen LogP contribution is -2.44. The van der Waals surface area contributed by atoms with E-state index in [0.29, 0.717) is 6.04 Å². The SMILES string of the molecule is CN=C(NCC(C)N(C)C)N(C)Cc1csc(C)n1.I. The second-order valence-corrected chi connectivity index (χ2v) is 6.02. The number of rotatable bonds is 5. The molecule has 0 fully saturated rings. The van der Waals surface area contributed by atoms with Gasteiger partial charge in [-0.1, -0.05) is 0 Å². The number of hydrogen-bond donors (Lipinski definition) is 1. The summed E-state index contributed by atoms with van der Waals surface area (Å²) in [6, 6.07) is 0.465. The molecular formula is C13H26IN5S. The van der Waals surface area contributed by atoms with Gasteiger partial charge >= 0.3 is 0 Å². The molecule has 5 nitrogen and oxygen atoms in total. The summed E-state index contributed by atoms with van der Waals surface area (Å²) in [6.07, 6.45) is 0. The molecular weight excluding hydrogens is 385 g/mol. The third-order valence-corrected chi connectivity index (χ3v) is 3.90. The molecule has 0 aliphatic carbocycles. The van der Waals surface area contributed by atoms with Crippen LogP contribution in [0.5, 0.6) is 0 Å². The highest BCUT2D eigenvalue weighted by molar-refractivity contribution is 14.0. The normalized spacial score (nSPS) is 13.1. The molecule has 7 heteroatoms. The summed E-state index contributed by atoms with van der Waals surface area (Å²) in [4.78, 5) is 13.1. The number of aromatic nitrogens is 1. The minimum absolute atomic E-state index is 0. The fourth-order valence-corrected chi connectivity index (χ4v) is 2.21. The lowest BCUT2D eigenvalue weighted by Gasteiger charge is -2.25. The third-order valence-electron chi connectivity index (χ3n) is 3.08. The highest BCUT2D eigenvalue weighted by Gasteiger charge is 2.10. The zero-order valence-corrected chi connectivity index (χ0v) is 16.3. The van der Waals surface area contributed by atoms with Gasteiger partial charge < -0.3 is 15.1 Å². The zero-order chi connectivity index (χ0) is 14.4. The minimum atomic E-state index is 0. The van der Waals surface area contributed by atoms with Crippen molar-refractivity contribution in [3.63, 3.8) is 0 Å². The molecule has 1 atom stereocenters. The van der Waals surface area contributed by atoms with Gasteiger partial charge in [-0.3, -0.25) is 4.99 Å². The molecule has 0 aliphatic heterocycles. The summed E-state index contributed by atoms with van der Waals surface area (Å²) in [7, 11) is 8.00. The molecule has 0 saturated carbocycles. The highest BCUT2D eigenvalue weighted by atomic mass is 127. The quantitative estimate of drug-likeness (QED) is 0.458. The van der Waals surface area contributed by atoms with Gasteiger partial charge in [0.05, 0.1) is 17.2 Å². The Morgan fingerprint density at radius 1 is 1.45 bits per heavy atom. The smallest absolute Gasteiger partial charge is 0.193 e. The number of likely N-dealkylation sites (N-methyl/N-ethyl adjacent to an activating group) is 1. The largest absolute Gasteiger partial charge is 0.355 e. The van der Waals surface area contributed by atoms with Crippen LogP contribution in [0.2, 0.25) is 0 Å². The van der Waals surface area contributed by atoms with E-state index in [0.717, 1.165) is 29.8 Å². The number of nitrogens with zero attached hydrogens (tertiary/aromatic N) is 4. The van der Waals surface area contributed by atoms with E-state index in [1.807, 2.05) is 21.0 Å². The van der Waals surface area contributed by atoms with Crippen molar-refractivity contribution in [2.24, 2.45) is 4.99 Å². The lowest BCUT2D eigenvalue weighted by molar-refractivity contribution is 0.309. The first-order valence-corrected chi connectivity index (χ1v) is 7.31. The summed E-state index contributed by atoms with van der Waals surface area (Å²) in [5.41, 5.74) is 1.09. The van der Waals surface area contributed by atoms with Crippen molar-refractivity contribution in [2.45, 2.75) is 26.4 Å². The van der Waals surface area contributed by atoms with Gasteiger partial charge in [0.1, 0.15) is 0 Å². The van der Waals surface area contributed by atoms with Crippen molar-refractivity contribution < 1.29 is 0 Å². The van der Waals surface area contributed by atoms with Crippen molar-refractivity contribution >= 4 is 41.3 Å². The van der Waals surface area contributed by atoms with E-state index in [-0.39, 0.29) is 24.0 Å². The van der Waals surface area contributed by atoms with Crippen molar-refractivity contribution in [1.82, 2.24) is 20.1 Å². The second kappa shape index (κ2) is 9.51. The Bertz CT molecular complexity index is 419. The maximum absolute atomic E-state index is 4.48. The molecule has 0 aromatic carbocycles. The summed E-state index contributed by atoms with van der Waals surface area (Å²) < 4.78 is 0. The predicted octanol–water partition coefficient (Wildman–Crippen LogP) is 2.03. The summed E-state index contributed by atoms with van der Waals surface area (Å²) in [5.74, 6) is 0.902. The molecule has 1 unspecified atom stereocenters. The van der Waals surface area contributed by atoms with Gasteiger partial charge in [0.15, 0.2) is 5.96 Å². The van der Waals surface area contributed by atoms with Crippen LogP contribution >= 0.6 is 35.3 Å². The molecule has 0 saturated heterocycles. The van der Waals surface area contributed by atoms with Crippen LogP contribution in [0.3, 0.4) is 0 Å². The van der Waals surface area contributed by atoms with E-state index < -0.39 is 0 Å². The molecule has 20 heavy (non-hydrogen) atoms. The highest BCUT2D eigenvalue weighted by Crippen LogP contribution is 2.09. The first-order valence-electron chi connectivity index (χ1n) is 6.43. The van der Waals surface area contributed by atoms with Crippen molar-refractivity contribution in [3.05, 3.63) is 16.1 Å². The third kappa shape index (κ3) is 6.36. The number of aryl methyl sites for hydroxylation is 1. The van der Waals surface area contributed by atoms with E-state index in [9.17, 15) is 0 Å². The Morgan fingerprint density at radius 2 is 2.10 bits per heavy atom. The van der Waals surface area contributed by atoms with Gasteiger partial charge in [-0.2, -0.15) is 0 Å². The number of halogens is 1. The summed E-state index contributed by atoms with van der Waals surface area (Å²) >= 11 is 1.68. The number of hydrogen-bond acceptors (Lipinski definition) is 4. The zero-order valence-electron chi connectivity index (χ0n) is 13.2. The van der Waals surface area contributed by atoms with E-state index in [4.69, 9.17) is 0 Å². The lowest BCUT2D eigenvalue weighted by atomic mass is 10.3. The van der Waals surface area contributed by atoms with Crippen molar-refractivity contribution in [1.29, 1.82) is 0 Å². The van der Waals surface area contributed by atoms with Crippen molar-refractivity contribution in [3.8, 4) is 0 Å². The van der Waals surface area contributed by atoms with Crippen LogP contribution in [0.15, 0.2) is 10.4 Å². The average Bonchev–Trinajstić information content (AvgIpc) is 2.75. The average molecular weight is 411 g/mol. The molecule has 1 aromatic rings. The fraction of sp³-hybridized carbons (Fsp3) is 0.692. The number of aliphatic imine (C=N–C) groups is 1. The molecule has 0 amide bonds. The summed E-state index contributed by atoms with van der Waals surface area (Å²) in [5, 5.41) is 6.59. The number of guanidine groups is 1. The van der Waals surface area contributed by atoms with Gasteiger partial charge in [-0.05, 0) is 27.9 Å². The molecule has 116 valence electrons. The van der Waals surface area contributed by atoms with Gasteiger partial charge in [0, 0.05) is 32.1 Å². The molecule has 0 aliphatic rings. The van der Waals surface area contributed by atoms with E-state index in [1.54, 1.807) is 11.3 Å². The molecule has 1 N–H and O–H groups in total. The molecule has 0 spiro atoms. The predicted molar refractivity (Wildman–Crippen MR) is 98.2 cm³/mol.